The molecule has 4 aromatic rings. The van der Waals surface area contributed by atoms with Crippen molar-refractivity contribution in [1.82, 2.24) is 19.9 Å². The first-order valence-electron chi connectivity index (χ1n) is 11.7. The molecule has 1 saturated heterocycles. The van der Waals surface area contributed by atoms with Crippen LogP contribution in [0.25, 0.3) is 10.2 Å². The van der Waals surface area contributed by atoms with Crippen LogP contribution in [-0.4, -0.2) is 65.0 Å². The third-order valence-corrected chi connectivity index (χ3v) is 8.09. The van der Waals surface area contributed by atoms with Crippen molar-refractivity contribution in [2.45, 2.75) is 6.54 Å². The molecule has 1 fully saturated rings. The molecule has 0 radical (unpaired) electrons. The van der Waals surface area contributed by atoms with Gasteiger partial charge < -0.3 is 20.0 Å². The van der Waals surface area contributed by atoms with Gasteiger partial charge in [-0.3, -0.25) is 4.79 Å². The fourth-order valence-electron chi connectivity index (χ4n) is 4.72. The smallest absolute Gasteiger partial charge is 0.255 e. The van der Waals surface area contributed by atoms with Crippen LogP contribution in [0.5, 0.6) is 0 Å². The average Bonchev–Trinajstić information content (AvgIpc) is 3.40. The van der Waals surface area contributed by atoms with Gasteiger partial charge in [-0.05, 0) is 41.3 Å². The molecular weight excluding hydrogens is 517 g/mol. The second kappa shape index (κ2) is 9.72. The minimum Gasteiger partial charge on any atom is -0.367 e. The van der Waals surface area contributed by atoms with Crippen LogP contribution in [0.3, 0.4) is 0 Å². The topological polar surface area (TPSA) is 77.5 Å². The maximum atomic E-state index is 13.4. The SMILES string of the molecule is O=C(c1cnc2c(c1)N(Cc1cc(Cl)ccc1Cl)CCN2)N1CCN(c2ncnc3ccsc23)CC1. The van der Waals surface area contributed by atoms with Crippen molar-refractivity contribution in [2.24, 2.45) is 0 Å². The molecule has 2 aliphatic heterocycles. The number of benzene rings is 1. The third kappa shape index (κ3) is 4.42. The molecule has 8 nitrogen and oxygen atoms in total. The van der Waals surface area contributed by atoms with Crippen LogP contribution >= 0.6 is 34.5 Å². The molecule has 0 aliphatic carbocycles. The number of fused-ring (bicyclic) bond motifs is 2. The van der Waals surface area contributed by atoms with Gasteiger partial charge in [0.25, 0.3) is 5.91 Å². The van der Waals surface area contributed by atoms with Crippen molar-refractivity contribution < 1.29 is 4.79 Å². The number of rotatable bonds is 4. The van der Waals surface area contributed by atoms with Gasteiger partial charge in [0.15, 0.2) is 0 Å². The highest BCUT2D eigenvalue weighted by atomic mass is 35.5. The molecule has 0 saturated carbocycles. The molecule has 2 aliphatic rings. The Morgan fingerprint density at radius 1 is 1.03 bits per heavy atom. The Bertz CT molecular complexity index is 1440. The first-order chi connectivity index (χ1) is 17.6. The Morgan fingerprint density at radius 2 is 1.89 bits per heavy atom. The summed E-state index contributed by atoms with van der Waals surface area (Å²) in [5.74, 6) is 1.70. The van der Waals surface area contributed by atoms with Crippen molar-refractivity contribution in [3.8, 4) is 0 Å². The van der Waals surface area contributed by atoms with E-state index in [4.69, 9.17) is 23.2 Å². The zero-order valence-electron chi connectivity index (χ0n) is 19.3. The number of pyridine rings is 1. The molecule has 1 amide bonds. The number of thiophene rings is 1. The minimum atomic E-state index is -0.0137. The summed E-state index contributed by atoms with van der Waals surface area (Å²) in [7, 11) is 0. The summed E-state index contributed by atoms with van der Waals surface area (Å²) < 4.78 is 1.09. The number of halogens is 2. The van der Waals surface area contributed by atoms with E-state index in [1.165, 1.54) is 0 Å². The zero-order valence-corrected chi connectivity index (χ0v) is 21.7. The Morgan fingerprint density at radius 3 is 2.75 bits per heavy atom. The van der Waals surface area contributed by atoms with Gasteiger partial charge in [0, 0.05) is 62.1 Å². The Hall–Kier alpha value is -3.14. The molecule has 0 atom stereocenters. The van der Waals surface area contributed by atoms with Crippen LogP contribution in [0.1, 0.15) is 15.9 Å². The summed E-state index contributed by atoms with van der Waals surface area (Å²) in [5, 5.41) is 6.68. The number of hydrogen-bond acceptors (Lipinski definition) is 8. The summed E-state index contributed by atoms with van der Waals surface area (Å²) >= 11 is 14.3. The number of carbonyl (C=O) groups is 1. The van der Waals surface area contributed by atoms with Crippen molar-refractivity contribution in [3.05, 3.63) is 69.4 Å². The highest BCUT2D eigenvalue weighted by molar-refractivity contribution is 7.17. The van der Waals surface area contributed by atoms with Crippen molar-refractivity contribution in [3.63, 3.8) is 0 Å². The van der Waals surface area contributed by atoms with Crippen LogP contribution in [0.4, 0.5) is 17.3 Å². The minimum absolute atomic E-state index is 0.0137. The van der Waals surface area contributed by atoms with Crippen LogP contribution in [0.15, 0.2) is 48.2 Å². The van der Waals surface area contributed by atoms with Gasteiger partial charge in [-0.1, -0.05) is 23.2 Å². The highest BCUT2D eigenvalue weighted by Crippen LogP contribution is 2.32. The van der Waals surface area contributed by atoms with Gasteiger partial charge in [0.05, 0.1) is 21.5 Å². The Balaban J connectivity index is 1.18. The number of aromatic nitrogens is 3. The monoisotopic (exact) mass is 539 g/mol. The molecule has 0 spiro atoms. The summed E-state index contributed by atoms with van der Waals surface area (Å²) in [4.78, 5) is 33.2. The van der Waals surface area contributed by atoms with E-state index in [1.54, 1.807) is 29.9 Å². The summed E-state index contributed by atoms with van der Waals surface area (Å²) in [5.41, 5.74) is 3.37. The van der Waals surface area contributed by atoms with Crippen LogP contribution in [-0.2, 0) is 6.54 Å². The first-order valence-corrected chi connectivity index (χ1v) is 13.4. The quantitative estimate of drug-likeness (QED) is 0.399. The molecular formula is C25H23Cl2N7OS. The van der Waals surface area contributed by atoms with Crippen LogP contribution in [0, 0.1) is 0 Å². The van der Waals surface area contributed by atoms with E-state index in [2.05, 4.69) is 30.1 Å². The normalized spacial score (nSPS) is 15.7. The molecule has 5 heterocycles. The second-order valence-electron chi connectivity index (χ2n) is 8.79. The van der Waals surface area contributed by atoms with Gasteiger partial charge in [0.2, 0.25) is 0 Å². The molecule has 6 rings (SSSR count). The molecule has 0 bridgehead atoms. The van der Waals surface area contributed by atoms with E-state index in [-0.39, 0.29) is 5.91 Å². The Kier molecular flexibility index (Phi) is 6.29. The molecule has 3 aromatic heterocycles. The zero-order chi connectivity index (χ0) is 24.6. The van der Waals surface area contributed by atoms with E-state index in [0.717, 1.165) is 59.3 Å². The number of nitrogens with one attached hydrogen (secondary N) is 1. The number of piperazine rings is 1. The predicted octanol–water partition coefficient (Wildman–Crippen LogP) is 4.79. The summed E-state index contributed by atoms with van der Waals surface area (Å²) in [6.45, 7) is 4.78. The number of amides is 1. The average molecular weight is 540 g/mol. The maximum absolute atomic E-state index is 13.4. The van der Waals surface area contributed by atoms with Crippen LogP contribution in [0.2, 0.25) is 10.0 Å². The molecule has 1 aromatic carbocycles. The van der Waals surface area contributed by atoms with Gasteiger partial charge in [-0.2, -0.15) is 0 Å². The van der Waals surface area contributed by atoms with Crippen molar-refractivity contribution >= 4 is 68.0 Å². The maximum Gasteiger partial charge on any atom is 0.255 e. The number of hydrogen-bond donors (Lipinski definition) is 1. The lowest BCUT2D eigenvalue weighted by Crippen LogP contribution is -2.49. The standard InChI is InChI=1S/C25H23Cl2N7OS/c26-18-1-2-19(27)17(11-18)14-34-5-4-28-23-21(34)12-16(13-29-23)25(35)33-8-6-32(7-9-33)24-22-20(3-10-36-22)30-15-31-24/h1-3,10-13,15H,4-9,14H2,(H,28,29). The lowest BCUT2D eigenvalue weighted by atomic mass is 10.1. The number of carbonyl (C=O) groups excluding carboxylic acids is 1. The second-order valence-corrected chi connectivity index (χ2v) is 10.5. The number of anilines is 3. The predicted molar refractivity (Wildman–Crippen MR) is 146 cm³/mol. The molecule has 184 valence electrons. The van der Waals surface area contributed by atoms with E-state index in [0.29, 0.717) is 35.2 Å². The highest BCUT2D eigenvalue weighted by Gasteiger charge is 2.27. The largest absolute Gasteiger partial charge is 0.367 e. The summed E-state index contributed by atoms with van der Waals surface area (Å²) in [6.07, 6.45) is 3.27. The fraction of sp³-hybridized carbons (Fsp3) is 0.280. The van der Waals surface area contributed by atoms with Gasteiger partial charge in [0.1, 0.15) is 18.0 Å². The van der Waals surface area contributed by atoms with Gasteiger partial charge >= 0.3 is 0 Å². The molecule has 0 unspecified atom stereocenters. The van der Waals surface area contributed by atoms with Gasteiger partial charge in [-0.15, -0.1) is 11.3 Å². The van der Waals surface area contributed by atoms with E-state index >= 15 is 0 Å². The fourth-order valence-corrected chi connectivity index (χ4v) is 5.95. The van der Waals surface area contributed by atoms with E-state index in [1.807, 2.05) is 34.5 Å². The molecule has 11 heteroatoms. The van der Waals surface area contributed by atoms with E-state index in [9.17, 15) is 4.79 Å². The lowest BCUT2D eigenvalue weighted by molar-refractivity contribution is 0.0746. The molecule has 1 N–H and O–H groups in total. The Labute approximate surface area is 222 Å². The van der Waals surface area contributed by atoms with Gasteiger partial charge in [-0.25, -0.2) is 15.0 Å². The van der Waals surface area contributed by atoms with Crippen molar-refractivity contribution in [2.75, 3.05) is 54.4 Å². The number of nitrogens with zero attached hydrogens (tertiary/aromatic N) is 6. The first kappa shape index (κ1) is 23.3. The van der Waals surface area contributed by atoms with Crippen LogP contribution < -0.4 is 15.1 Å². The third-order valence-electron chi connectivity index (χ3n) is 6.59. The van der Waals surface area contributed by atoms with Crippen molar-refractivity contribution in [1.29, 1.82) is 0 Å². The lowest BCUT2D eigenvalue weighted by Gasteiger charge is -2.36. The molecule has 36 heavy (non-hydrogen) atoms. The van der Waals surface area contributed by atoms with E-state index < -0.39 is 0 Å². The summed E-state index contributed by atoms with van der Waals surface area (Å²) in [6, 6.07) is 9.42.